The summed E-state index contributed by atoms with van der Waals surface area (Å²) in [6.45, 7) is 14.5. The van der Waals surface area contributed by atoms with Crippen LogP contribution in [0.3, 0.4) is 0 Å². The summed E-state index contributed by atoms with van der Waals surface area (Å²) in [6.07, 6.45) is 0.962. The van der Waals surface area contributed by atoms with Gasteiger partial charge in [-0.3, -0.25) is 9.59 Å². The highest BCUT2D eigenvalue weighted by Gasteiger charge is 2.32. The van der Waals surface area contributed by atoms with E-state index in [1.807, 2.05) is 45.0 Å². The molecule has 32 heavy (non-hydrogen) atoms. The summed E-state index contributed by atoms with van der Waals surface area (Å²) in [5, 5.41) is 1.67. The van der Waals surface area contributed by atoms with Crippen molar-refractivity contribution in [3.63, 3.8) is 0 Å². The summed E-state index contributed by atoms with van der Waals surface area (Å²) < 4.78 is 2.22. The van der Waals surface area contributed by atoms with Crippen molar-refractivity contribution in [2.45, 2.75) is 67.9 Å². The monoisotopic (exact) mass is 451 g/mol. The topological polar surface area (TPSA) is 39.1 Å². The van der Waals surface area contributed by atoms with E-state index in [-0.39, 0.29) is 17.0 Å². The van der Waals surface area contributed by atoms with E-state index in [2.05, 4.69) is 43.5 Å². The number of carbonyl (C=O) groups is 2. The minimum absolute atomic E-state index is 0.117. The van der Waals surface area contributed by atoms with Crippen LogP contribution in [0.4, 0.5) is 0 Å². The molecule has 0 spiro atoms. The molecule has 1 aromatic heterocycles. The highest BCUT2D eigenvalue weighted by molar-refractivity contribution is 6.30. The zero-order chi connectivity index (χ0) is 23.8. The van der Waals surface area contributed by atoms with Crippen molar-refractivity contribution in [2.24, 2.45) is 10.8 Å². The maximum absolute atomic E-state index is 13.7. The van der Waals surface area contributed by atoms with Crippen LogP contribution in [0.25, 0.3) is 10.9 Å². The molecule has 0 radical (unpaired) electrons. The molecule has 4 heteroatoms. The average molecular weight is 452 g/mol. The Morgan fingerprint density at radius 1 is 0.969 bits per heavy atom. The molecule has 0 N–H and O–H groups in total. The fourth-order valence-electron chi connectivity index (χ4n) is 4.08. The standard InChI is InChI=1S/C28H34ClNO2/c1-18-8-13-23-22(14-18)26(25(32)16-27(3,4)5)24(15-28(6,7)19(2)31)30(23)17-20-9-11-21(29)12-10-20/h8-14H,15-17H2,1-7H3. The fraction of sp³-hybridized carbons (Fsp3) is 0.429. The molecule has 0 aliphatic carbocycles. The Labute approximate surface area is 196 Å². The number of aryl methyl sites for hydroxylation is 1. The molecule has 0 fully saturated rings. The number of rotatable bonds is 7. The maximum Gasteiger partial charge on any atom is 0.165 e. The van der Waals surface area contributed by atoms with Gasteiger partial charge in [0, 0.05) is 52.0 Å². The minimum atomic E-state index is -0.571. The fourth-order valence-corrected chi connectivity index (χ4v) is 4.21. The Kier molecular flexibility index (Phi) is 6.72. The lowest BCUT2D eigenvalue weighted by Crippen LogP contribution is -2.27. The van der Waals surface area contributed by atoms with Crippen LogP contribution < -0.4 is 0 Å². The predicted molar refractivity (Wildman–Crippen MR) is 134 cm³/mol. The zero-order valence-corrected chi connectivity index (χ0v) is 21.1. The van der Waals surface area contributed by atoms with Gasteiger partial charge < -0.3 is 4.57 Å². The lowest BCUT2D eigenvalue weighted by Gasteiger charge is -2.24. The molecule has 0 bridgehead atoms. The van der Waals surface area contributed by atoms with E-state index in [4.69, 9.17) is 11.6 Å². The number of hydrogen-bond acceptors (Lipinski definition) is 2. The number of halogens is 1. The van der Waals surface area contributed by atoms with Gasteiger partial charge in [-0.1, -0.05) is 70.0 Å². The Hall–Kier alpha value is -2.39. The van der Waals surface area contributed by atoms with Gasteiger partial charge in [-0.05, 0) is 49.1 Å². The van der Waals surface area contributed by atoms with Crippen molar-refractivity contribution in [1.29, 1.82) is 0 Å². The molecule has 0 saturated carbocycles. The SMILES string of the molecule is CC(=O)C(C)(C)Cc1c(C(=O)CC(C)(C)C)c2cc(C)ccc2n1Cc1ccc(Cl)cc1. The Morgan fingerprint density at radius 3 is 2.16 bits per heavy atom. The van der Waals surface area contributed by atoms with Crippen LogP contribution in [-0.4, -0.2) is 16.1 Å². The van der Waals surface area contributed by atoms with Gasteiger partial charge in [0.2, 0.25) is 0 Å². The van der Waals surface area contributed by atoms with Crippen molar-refractivity contribution in [3.05, 3.63) is 69.9 Å². The Morgan fingerprint density at radius 2 is 1.59 bits per heavy atom. The summed E-state index contributed by atoms with van der Waals surface area (Å²) >= 11 is 6.10. The van der Waals surface area contributed by atoms with Gasteiger partial charge in [0.15, 0.2) is 5.78 Å². The summed E-state index contributed by atoms with van der Waals surface area (Å²) in [6, 6.07) is 14.1. The summed E-state index contributed by atoms with van der Waals surface area (Å²) in [4.78, 5) is 26.1. The van der Waals surface area contributed by atoms with E-state index in [1.54, 1.807) is 6.92 Å². The van der Waals surface area contributed by atoms with Crippen molar-refractivity contribution >= 4 is 34.1 Å². The number of Topliss-reactive ketones (excluding diaryl/α,β-unsaturated/α-hetero) is 2. The first-order valence-corrected chi connectivity index (χ1v) is 11.6. The van der Waals surface area contributed by atoms with Crippen molar-refractivity contribution in [1.82, 2.24) is 4.57 Å². The first-order chi connectivity index (χ1) is 14.8. The molecule has 0 unspecified atom stereocenters. The summed E-state index contributed by atoms with van der Waals surface area (Å²) in [7, 11) is 0. The van der Waals surface area contributed by atoms with Crippen molar-refractivity contribution in [3.8, 4) is 0 Å². The average Bonchev–Trinajstić information content (AvgIpc) is 2.94. The van der Waals surface area contributed by atoms with E-state index in [9.17, 15) is 9.59 Å². The number of fused-ring (bicyclic) bond motifs is 1. The minimum Gasteiger partial charge on any atom is -0.339 e. The smallest absolute Gasteiger partial charge is 0.165 e. The lowest BCUT2D eigenvalue weighted by molar-refractivity contribution is -0.124. The molecule has 3 nitrogen and oxygen atoms in total. The quantitative estimate of drug-likeness (QED) is 0.350. The highest BCUT2D eigenvalue weighted by atomic mass is 35.5. The summed E-state index contributed by atoms with van der Waals surface area (Å²) in [5.74, 6) is 0.253. The molecule has 3 aromatic rings. The van der Waals surface area contributed by atoms with E-state index in [1.165, 1.54) is 0 Å². The zero-order valence-electron chi connectivity index (χ0n) is 20.3. The van der Waals surface area contributed by atoms with Gasteiger partial charge >= 0.3 is 0 Å². The van der Waals surface area contributed by atoms with Gasteiger partial charge in [-0.15, -0.1) is 0 Å². The predicted octanol–water partition coefficient (Wildman–Crippen LogP) is 7.43. The molecule has 3 rings (SSSR count). The molecule has 0 amide bonds. The van der Waals surface area contributed by atoms with Crippen molar-refractivity contribution in [2.75, 3.05) is 0 Å². The number of nitrogens with zero attached hydrogens (tertiary/aromatic N) is 1. The van der Waals surface area contributed by atoms with Crippen LogP contribution in [0.1, 0.15) is 75.1 Å². The second-order valence-electron chi connectivity index (χ2n) is 10.8. The van der Waals surface area contributed by atoms with Gasteiger partial charge in [0.1, 0.15) is 5.78 Å². The number of benzene rings is 2. The van der Waals surface area contributed by atoms with Crippen LogP contribution in [-0.2, 0) is 17.8 Å². The third kappa shape index (κ3) is 5.32. The third-order valence-electron chi connectivity index (χ3n) is 6.11. The van der Waals surface area contributed by atoms with Crippen LogP contribution in [0.5, 0.6) is 0 Å². The molecule has 0 aliphatic rings. The molecular weight excluding hydrogens is 418 g/mol. The summed E-state index contributed by atoms with van der Waals surface area (Å²) in [5.41, 5.74) is 4.25. The molecule has 0 atom stereocenters. The largest absolute Gasteiger partial charge is 0.339 e. The third-order valence-corrected chi connectivity index (χ3v) is 6.36. The van der Waals surface area contributed by atoms with Gasteiger partial charge in [0.05, 0.1) is 0 Å². The van der Waals surface area contributed by atoms with E-state index < -0.39 is 5.41 Å². The number of carbonyl (C=O) groups excluding carboxylic acids is 2. The van der Waals surface area contributed by atoms with Crippen molar-refractivity contribution < 1.29 is 9.59 Å². The molecule has 0 aliphatic heterocycles. The number of hydrogen-bond donors (Lipinski definition) is 0. The van der Waals surface area contributed by atoms with Gasteiger partial charge in [-0.25, -0.2) is 0 Å². The lowest BCUT2D eigenvalue weighted by atomic mass is 9.81. The molecule has 170 valence electrons. The Bertz CT molecular complexity index is 1160. The van der Waals surface area contributed by atoms with E-state index in [0.717, 1.165) is 33.3 Å². The van der Waals surface area contributed by atoms with Crippen LogP contribution in [0, 0.1) is 17.8 Å². The Balaban J connectivity index is 2.29. The second kappa shape index (κ2) is 8.86. The second-order valence-corrected chi connectivity index (χ2v) is 11.3. The van der Waals surface area contributed by atoms with Crippen LogP contribution in [0.2, 0.25) is 5.02 Å². The van der Waals surface area contributed by atoms with Crippen LogP contribution in [0.15, 0.2) is 42.5 Å². The van der Waals surface area contributed by atoms with E-state index >= 15 is 0 Å². The molecule has 2 aromatic carbocycles. The molecule has 1 heterocycles. The van der Waals surface area contributed by atoms with E-state index in [0.29, 0.717) is 24.4 Å². The maximum atomic E-state index is 13.7. The number of ketones is 2. The molecule has 0 saturated heterocycles. The number of aromatic nitrogens is 1. The van der Waals surface area contributed by atoms with Gasteiger partial charge in [-0.2, -0.15) is 0 Å². The first-order valence-electron chi connectivity index (χ1n) is 11.2. The highest BCUT2D eigenvalue weighted by Crippen LogP contribution is 2.36. The van der Waals surface area contributed by atoms with Crippen LogP contribution >= 0.6 is 11.6 Å². The normalized spacial score (nSPS) is 12.4. The first kappa shape index (κ1) is 24.3. The van der Waals surface area contributed by atoms with Gasteiger partial charge in [0.25, 0.3) is 0 Å². The molecular formula is C28H34ClNO2.